The lowest BCUT2D eigenvalue weighted by Crippen LogP contribution is -2.22. The molecule has 0 spiro atoms. The Morgan fingerprint density at radius 2 is 1.81 bits per heavy atom. The van der Waals surface area contributed by atoms with E-state index in [0.29, 0.717) is 18.6 Å². The lowest BCUT2D eigenvalue weighted by molar-refractivity contribution is 0.0530. The molecule has 3 aromatic rings. The van der Waals surface area contributed by atoms with Crippen LogP contribution >= 0.6 is 11.3 Å². The first kappa shape index (κ1) is 24.2. The van der Waals surface area contributed by atoms with Gasteiger partial charge in [0.2, 0.25) is 0 Å². The highest BCUT2D eigenvalue weighted by atomic mass is 32.1. The van der Waals surface area contributed by atoms with E-state index in [-0.39, 0.29) is 19.0 Å². The van der Waals surface area contributed by atoms with Gasteiger partial charge in [-0.1, -0.05) is 48.9 Å². The van der Waals surface area contributed by atoms with Gasteiger partial charge in [0, 0.05) is 11.3 Å². The summed E-state index contributed by atoms with van der Waals surface area (Å²) >= 11 is 1.59. The van der Waals surface area contributed by atoms with Gasteiger partial charge in [-0.15, -0.1) is 11.3 Å². The lowest BCUT2D eigenvalue weighted by Gasteiger charge is -2.17. The van der Waals surface area contributed by atoms with E-state index in [4.69, 9.17) is 9.84 Å². The topological polar surface area (TPSA) is 66.8 Å². The minimum Gasteiger partial charge on any atom is -0.490 e. The molecule has 0 bridgehead atoms. The second kappa shape index (κ2) is 10.9. The summed E-state index contributed by atoms with van der Waals surface area (Å²) in [6, 6.07) is 14.4. The highest BCUT2D eigenvalue weighted by Gasteiger charge is 2.18. The summed E-state index contributed by atoms with van der Waals surface area (Å²) in [6.07, 6.45) is 0.914. The largest absolute Gasteiger partial charge is 0.490 e. The van der Waals surface area contributed by atoms with Gasteiger partial charge in [-0.2, -0.15) is 0 Å². The molecule has 2 N–H and O–H groups in total. The SMILES string of the molecule is CCc1sc(C(=O)CCc2cc(C)cc(C)c2OC[C@@H](O)CO)cc1-c1ccccc1C. The monoisotopic (exact) mass is 452 g/mol. The van der Waals surface area contributed by atoms with Crippen LogP contribution in [0.3, 0.4) is 0 Å². The van der Waals surface area contributed by atoms with Crippen LogP contribution < -0.4 is 4.74 Å². The number of hydrogen-bond donors (Lipinski definition) is 2. The fourth-order valence-electron chi connectivity index (χ4n) is 3.97. The van der Waals surface area contributed by atoms with Crippen molar-refractivity contribution < 1.29 is 19.7 Å². The van der Waals surface area contributed by atoms with Crippen molar-refractivity contribution in [1.29, 1.82) is 0 Å². The van der Waals surface area contributed by atoms with Crippen LogP contribution in [0.15, 0.2) is 42.5 Å². The minimum atomic E-state index is -0.927. The summed E-state index contributed by atoms with van der Waals surface area (Å²) in [5.41, 5.74) is 6.57. The summed E-state index contributed by atoms with van der Waals surface area (Å²) in [7, 11) is 0. The maximum atomic E-state index is 13.1. The van der Waals surface area contributed by atoms with E-state index >= 15 is 0 Å². The fourth-order valence-corrected chi connectivity index (χ4v) is 5.05. The molecule has 0 radical (unpaired) electrons. The van der Waals surface area contributed by atoms with Crippen LogP contribution in [0.1, 0.15) is 50.1 Å². The molecule has 0 aliphatic rings. The summed E-state index contributed by atoms with van der Waals surface area (Å²) in [6.45, 7) is 7.88. The van der Waals surface area contributed by atoms with E-state index in [0.717, 1.165) is 33.6 Å². The van der Waals surface area contributed by atoms with Crippen molar-refractivity contribution in [2.24, 2.45) is 0 Å². The molecule has 5 heteroatoms. The molecule has 0 fully saturated rings. The third kappa shape index (κ3) is 5.66. The Bertz CT molecular complexity index is 1080. The maximum Gasteiger partial charge on any atom is 0.173 e. The molecule has 3 rings (SSSR count). The second-order valence-electron chi connectivity index (χ2n) is 8.26. The van der Waals surface area contributed by atoms with Gasteiger partial charge in [-0.3, -0.25) is 4.79 Å². The van der Waals surface area contributed by atoms with E-state index in [1.807, 2.05) is 44.2 Å². The highest BCUT2D eigenvalue weighted by molar-refractivity contribution is 7.14. The Kier molecular flexibility index (Phi) is 8.24. The zero-order valence-electron chi connectivity index (χ0n) is 19.3. The zero-order chi connectivity index (χ0) is 23.3. The zero-order valence-corrected chi connectivity index (χ0v) is 20.1. The van der Waals surface area contributed by atoms with Crippen molar-refractivity contribution >= 4 is 17.1 Å². The van der Waals surface area contributed by atoms with Gasteiger partial charge in [-0.25, -0.2) is 0 Å². The van der Waals surface area contributed by atoms with Crippen LogP contribution in [0.4, 0.5) is 0 Å². The number of thiophene rings is 1. The average Bonchev–Trinajstić information content (AvgIpc) is 3.21. The van der Waals surface area contributed by atoms with E-state index < -0.39 is 6.10 Å². The molecule has 0 saturated heterocycles. The third-order valence-electron chi connectivity index (χ3n) is 5.59. The first-order valence-corrected chi connectivity index (χ1v) is 11.9. The van der Waals surface area contributed by atoms with Crippen molar-refractivity contribution in [3.8, 4) is 16.9 Å². The van der Waals surface area contributed by atoms with Gasteiger partial charge in [-0.05, 0) is 67.5 Å². The van der Waals surface area contributed by atoms with Gasteiger partial charge in [0.25, 0.3) is 0 Å². The summed E-state index contributed by atoms with van der Waals surface area (Å²) in [4.78, 5) is 15.1. The van der Waals surface area contributed by atoms with Gasteiger partial charge in [0.1, 0.15) is 18.5 Å². The number of benzene rings is 2. The number of aliphatic hydroxyl groups excluding tert-OH is 2. The molecule has 170 valence electrons. The summed E-state index contributed by atoms with van der Waals surface area (Å²) in [5, 5.41) is 18.7. The van der Waals surface area contributed by atoms with Crippen LogP contribution in [-0.2, 0) is 12.8 Å². The molecule has 0 aliphatic heterocycles. The van der Waals surface area contributed by atoms with Crippen molar-refractivity contribution in [3.05, 3.63) is 74.5 Å². The van der Waals surface area contributed by atoms with Crippen LogP contribution in [0.25, 0.3) is 11.1 Å². The molecule has 0 amide bonds. The van der Waals surface area contributed by atoms with E-state index in [1.165, 1.54) is 16.0 Å². The molecule has 1 heterocycles. The van der Waals surface area contributed by atoms with Gasteiger partial charge >= 0.3 is 0 Å². The molecule has 1 aromatic heterocycles. The van der Waals surface area contributed by atoms with Gasteiger partial charge in [0.15, 0.2) is 5.78 Å². The van der Waals surface area contributed by atoms with Crippen molar-refractivity contribution in [2.45, 2.75) is 53.1 Å². The molecular formula is C27H32O4S. The number of Topliss-reactive ketones (excluding diaryl/α,β-unsaturated/α-hetero) is 1. The first-order chi connectivity index (χ1) is 15.3. The number of carbonyl (C=O) groups excluding carboxylic acids is 1. The molecule has 0 saturated carbocycles. The molecule has 0 aliphatic carbocycles. The Balaban J connectivity index is 1.80. The standard InChI is InChI=1S/C27H32O4S/c1-5-25-23(22-9-7-6-8-18(22)3)14-26(32-25)24(30)11-10-20-13-17(2)12-19(4)27(20)31-16-21(29)15-28/h6-9,12-14,21,28-29H,5,10-11,15-16H2,1-4H3/t21-/m0/s1. The minimum absolute atomic E-state index is 0.0198. The molecule has 0 unspecified atom stereocenters. The number of ether oxygens (including phenoxy) is 1. The number of ketones is 1. The van der Waals surface area contributed by atoms with Crippen molar-refractivity contribution in [2.75, 3.05) is 13.2 Å². The van der Waals surface area contributed by atoms with Gasteiger partial charge in [0.05, 0.1) is 11.5 Å². The average molecular weight is 453 g/mol. The number of carbonyl (C=O) groups is 1. The number of aliphatic hydroxyl groups is 2. The first-order valence-electron chi connectivity index (χ1n) is 11.1. The Labute approximate surface area is 194 Å². The smallest absolute Gasteiger partial charge is 0.173 e. The highest BCUT2D eigenvalue weighted by Crippen LogP contribution is 2.35. The normalized spacial score (nSPS) is 12.1. The summed E-state index contributed by atoms with van der Waals surface area (Å²) < 4.78 is 5.81. The summed E-state index contributed by atoms with van der Waals surface area (Å²) in [5.74, 6) is 0.821. The second-order valence-corrected chi connectivity index (χ2v) is 9.39. The predicted molar refractivity (Wildman–Crippen MR) is 131 cm³/mol. The lowest BCUT2D eigenvalue weighted by atomic mass is 9.98. The molecule has 4 nitrogen and oxygen atoms in total. The fraction of sp³-hybridized carbons (Fsp3) is 0.370. The Morgan fingerprint density at radius 1 is 1.06 bits per heavy atom. The van der Waals surface area contributed by atoms with Crippen LogP contribution in [0.5, 0.6) is 5.75 Å². The number of hydrogen-bond acceptors (Lipinski definition) is 5. The maximum absolute atomic E-state index is 13.1. The van der Waals surface area contributed by atoms with Gasteiger partial charge < -0.3 is 14.9 Å². The predicted octanol–water partition coefficient (Wildman–Crippen LogP) is 5.45. The Hall–Kier alpha value is -2.47. The van der Waals surface area contributed by atoms with E-state index in [2.05, 4.69) is 26.0 Å². The Morgan fingerprint density at radius 3 is 2.50 bits per heavy atom. The third-order valence-corrected chi connectivity index (χ3v) is 6.91. The quantitative estimate of drug-likeness (QED) is 0.402. The van der Waals surface area contributed by atoms with Crippen LogP contribution in [0, 0.1) is 20.8 Å². The van der Waals surface area contributed by atoms with Crippen molar-refractivity contribution in [3.63, 3.8) is 0 Å². The number of rotatable bonds is 10. The van der Waals surface area contributed by atoms with Crippen LogP contribution in [0.2, 0.25) is 0 Å². The van der Waals surface area contributed by atoms with E-state index in [1.54, 1.807) is 11.3 Å². The van der Waals surface area contributed by atoms with Crippen molar-refractivity contribution in [1.82, 2.24) is 0 Å². The number of aryl methyl sites for hydroxylation is 5. The molecule has 1 atom stereocenters. The van der Waals surface area contributed by atoms with E-state index in [9.17, 15) is 9.90 Å². The molecule has 32 heavy (non-hydrogen) atoms. The molecular weight excluding hydrogens is 420 g/mol. The molecule has 2 aromatic carbocycles. The van der Waals surface area contributed by atoms with Crippen LogP contribution in [-0.4, -0.2) is 35.3 Å².